The summed E-state index contributed by atoms with van der Waals surface area (Å²) in [5.74, 6) is -0.631. The summed E-state index contributed by atoms with van der Waals surface area (Å²) in [7, 11) is 0. The number of aliphatic hydroxyl groups is 1. The van der Waals surface area contributed by atoms with E-state index >= 15 is 0 Å². The summed E-state index contributed by atoms with van der Waals surface area (Å²) in [5.41, 5.74) is -0.118. The van der Waals surface area contributed by atoms with E-state index in [1.165, 1.54) is 0 Å². The number of nitrogens with zero attached hydrogens (tertiary/aromatic N) is 1. The zero-order valence-electron chi connectivity index (χ0n) is 17.9. The maximum atomic E-state index is 12.7. The minimum Gasteiger partial charge on any atom is -0.458 e. The van der Waals surface area contributed by atoms with Crippen LogP contribution in [-0.4, -0.2) is 39.3 Å². The molecule has 4 nitrogen and oxygen atoms in total. The molecule has 0 aliphatic heterocycles. The third-order valence-electron chi connectivity index (χ3n) is 4.88. The van der Waals surface area contributed by atoms with Gasteiger partial charge >= 0.3 is 5.97 Å². The van der Waals surface area contributed by atoms with E-state index in [4.69, 9.17) is 4.74 Å². The Hall–Kier alpha value is -2.43. The second-order valence-corrected chi connectivity index (χ2v) is 8.29. The maximum absolute atomic E-state index is 12.7. The maximum Gasteiger partial charge on any atom is 0.337 e. The fourth-order valence-corrected chi connectivity index (χ4v) is 3.50. The van der Waals surface area contributed by atoms with Crippen LogP contribution in [0, 0.1) is 0 Å². The summed E-state index contributed by atoms with van der Waals surface area (Å²) >= 11 is 0. The molecule has 1 aliphatic rings. The average Bonchev–Trinajstić information content (AvgIpc) is 2.70. The highest BCUT2D eigenvalue weighted by Gasteiger charge is 2.41. The van der Waals surface area contributed by atoms with Crippen molar-refractivity contribution in [1.29, 1.82) is 0 Å². The molecule has 0 spiro atoms. The van der Waals surface area contributed by atoms with Crippen molar-refractivity contribution >= 4 is 5.97 Å². The summed E-state index contributed by atoms with van der Waals surface area (Å²) in [4.78, 5) is 14.8. The smallest absolute Gasteiger partial charge is 0.337 e. The fourth-order valence-electron chi connectivity index (χ4n) is 3.50. The lowest BCUT2D eigenvalue weighted by atomic mass is 9.86. The first-order valence-electron chi connectivity index (χ1n) is 10.0. The molecule has 4 heteroatoms. The van der Waals surface area contributed by atoms with Gasteiger partial charge in [0.25, 0.3) is 0 Å². The molecule has 0 amide bonds. The molecule has 1 aliphatic carbocycles. The fraction of sp³-hybridized carbons (Fsp3) is 0.400. The van der Waals surface area contributed by atoms with Crippen LogP contribution in [0.1, 0.15) is 39.7 Å². The standard InChI is InChI=1S/C25H33NO3/c1-6-14-21(22(27)23(28)29-24(3,4)5)26(19-20-15-10-8-11-16-20)25(7-2)17-12-9-13-18-25/h6-17,21-22,27H,2,18-19H2,1,3-5H3/t21?,22?,25-/m0/s1. The highest BCUT2D eigenvalue weighted by atomic mass is 16.6. The summed E-state index contributed by atoms with van der Waals surface area (Å²) in [6, 6.07) is 9.44. The van der Waals surface area contributed by atoms with Gasteiger partial charge in [-0.3, -0.25) is 4.90 Å². The van der Waals surface area contributed by atoms with E-state index in [-0.39, 0.29) is 0 Å². The quantitative estimate of drug-likeness (QED) is 0.517. The number of aliphatic hydroxyl groups excluding tert-OH is 1. The molecule has 3 atom stereocenters. The SMILES string of the molecule is C=C[C@]1(N(Cc2ccccc2)C(C=CC)C(O)C(=O)OC(C)(C)C)C=CC=CC1. The number of hydrogen-bond donors (Lipinski definition) is 1. The molecule has 1 N–H and O–H groups in total. The predicted octanol–water partition coefficient (Wildman–Crippen LogP) is 4.58. The first-order valence-corrected chi connectivity index (χ1v) is 10.0. The number of carbonyl (C=O) groups is 1. The van der Waals surface area contributed by atoms with Crippen molar-refractivity contribution in [1.82, 2.24) is 4.90 Å². The Kier molecular flexibility index (Phi) is 7.77. The lowest BCUT2D eigenvalue weighted by Gasteiger charge is -2.45. The van der Waals surface area contributed by atoms with Gasteiger partial charge in [0.05, 0.1) is 11.6 Å². The van der Waals surface area contributed by atoms with Crippen LogP contribution >= 0.6 is 0 Å². The monoisotopic (exact) mass is 395 g/mol. The predicted molar refractivity (Wildman–Crippen MR) is 118 cm³/mol. The van der Waals surface area contributed by atoms with Gasteiger partial charge in [0.2, 0.25) is 0 Å². The van der Waals surface area contributed by atoms with E-state index in [2.05, 4.69) is 23.6 Å². The van der Waals surface area contributed by atoms with Gasteiger partial charge in [-0.25, -0.2) is 4.79 Å². The van der Waals surface area contributed by atoms with Crippen molar-refractivity contribution in [2.75, 3.05) is 0 Å². The van der Waals surface area contributed by atoms with Gasteiger partial charge < -0.3 is 9.84 Å². The Bertz CT molecular complexity index is 773. The summed E-state index contributed by atoms with van der Waals surface area (Å²) in [6.45, 7) is 11.9. The molecule has 0 bridgehead atoms. The van der Waals surface area contributed by atoms with E-state index in [0.29, 0.717) is 13.0 Å². The van der Waals surface area contributed by atoms with Gasteiger partial charge in [-0.2, -0.15) is 0 Å². The molecule has 0 aromatic heterocycles. The van der Waals surface area contributed by atoms with Crippen molar-refractivity contribution in [3.8, 4) is 0 Å². The normalized spacial score (nSPS) is 21.3. The van der Waals surface area contributed by atoms with E-state index in [9.17, 15) is 9.90 Å². The molecule has 1 aromatic rings. The Balaban J connectivity index is 2.47. The van der Waals surface area contributed by atoms with Crippen molar-refractivity contribution < 1.29 is 14.6 Å². The third kappa shape index (κ3) is 6.02. The summed E-state index contributed by atoms with van der Waals surface area (Å²) < 4.78 is 5.47. The van der Waals surface area contributed by atoms with Gasteiger partial charge in [-0.15, -0.1) is 6.58 Å². The molecule has 0 saturated heterocycles. The van der Waals surface area contributed by atoms with Crippen LogP contribution < -0.4 is 0 Å². The first kappa shape index (κ1) is 22.9. The van der Waals surface area contributed by atoms with Gasteiger partial charge in [-0.05, 0) is 39.7 Å². The van der Waals surface area contributed by atoms with Crippen LogP contribution in [0.4, 0.5) is 0 Å². The summed E-state index contributed by atoms with van der Waals surface area (Å²) in [6.07, 6.45) is 13.1. The van der Waals surface area contributed by atoms with Gasteiger partial charge in [0.1, 0.15) is 5.60 Å². The number of allylic oxidation sites excluding steroid dienone is 3. The largest absolute Gasteiger partial charge is 0.458 e. The molecule has 156 valence electrons. The molecule has 2 unspecified atom stereocenters. The number of hydrogen-bond acceptors (Lipinski definition) is 4. The Morgan fingerprint density at radius 1 is 1.31 bits per heavy atom. The van der Waals surface area contributed by atoms with Crippen molar-refractivity contribution in [2.45, 2.75) is 63.9 Å². The summed E-state index contributed by atoms with van der Waals surface area (Å²) in [5, 5.41) is 11.0. The Labute approximate surface area is 174 Å². The lowest BCUT2D eigenvalue weighted by Crippen LogP contribution is -2.56. The van der Waals surface area contributed by atoms with E-state index in [1.807, 2.05) is 67.6 Å². The molecular weight excluding hydrogens is 362 g/mol. The zero-order chi connectivity index (χ0) is 21.5. The first-order chi connectivity index (χ1) is 13.7. The van der Waals surface area contributed by atoms with E-state index < -0.39 is 29.3 Å². The number of esters is 1. The average molecular weight is 396 g/mol. The molecule has 0 radical (unpaired) electrons. The second kappa shape index (κ2) is 9.86. The van der Waals surface area contributed by atoms with Gasteiger partial charge in [0.15, 0.2) is 6.10 Å². The minimum atomic E-state index is -1.33. The molecule has 0 heterocycles. The van der Waals surface area contributed by atoms with E-state index in [0.717, 1.165) is 5.56 Å². The molecule has 29 heavy (non-hydrogen) atoms. The van der Waals surface area contributed by atoms with E-state index in [1.54, 1.807) is 20.8 Å². The topological polar surface area (TPSA) is 49.8 Å². The Morgan fingerprint density at radius 3 is 2.52 bits per heavy atom. The van der Waals surface area contributed by atoms with Crippen LogP contribution in [0.25, 0.3) is 0 Å². The number of benzene rings is 1. The molecule has 0 saturated carbocycles. The highest BCUT2D eigenvalue weighted by molar-refractivity contribution is 5.76. The van der Waals surface area contributed by atoms with Crippen LogP contribution in [0.2, 0.25) is 0 Å². The third-order valence-corrected chi connectivity index (χ3v) is 4.88. The van der Waals surface area contributed by atoms with Gasteiger partial charge in [0, 0.05) is 6.54 Å². The second-order valence-electron chi connectivity index (χ2n) is 8.29. The minimum absolute atomic E-state index is 0.530. The zero-order valence-corrected chi connectivity index (χ0v) is 17.9. The van der Waals surface area contributed by atoms with Crippen molar-refractivity contribution in [2.24, 2.45) is 0 Å². The van der Waals surface area contributed by atoms with Crippen LogP contribution in [-0.2, 0) is 16.1 Å². The number of ether oxygens (including phenoxy) is 1. The van der Waals surface area contributed by atoms with Crippen molar-refractivity contribution in [3.63, 3.8) is 0 Å². The Morgan fingerprint density at radius 2 is 2.00 bits per heavy atom. The molecular formula is C25H33NO3. The number of carbonyl (C=O) groups excluding carboxylic acids is 1. The van der Waals surface area contributed by atoms with Gasteiger partial charge in [-0.1, -0.05) is 72.9 Å². The highest BCUT2D eigenvalue weighted by Crippen LogP contribution is 2.32. The molecule has 1 aromatic carbocycles. The van der Waals surface area contributed by atoms with Crippen LogP contribution in [0.15, 0.2) is 79.4 Å². The lowest BCUT2D eigenvalue weighted by molar-refractivity contribution is -0.168. The number of rotatable bonds is 8. The van der Waals surface area contributed by atoms with Crippen molar-refractivity contribution in [3.05, 3.63) is 85.0 Å². The van der Waals surface area contributed by atoms with Crippen LogP contribution in [0.5, 0.6) is 0 Å². The molecule has 0 fully saturated rings. The molecule has 2 rings (SSSR count). The van der Waals surface area contributed by atoms with Crippen LogP contribution in [0.3, 0.4) is 0 Å².